The minimum absolute atomic E-state index is 0.180. The molecule has 1 heterocycles. The molecule has 31 heavy (non-hydrogen) atoms. The summed E-state index contributed by atoms with van der Waals surface area (Å²) in [6.45, 7) is 0. The Morgan fingerprint density at radius 2 is 1.71 bits per heavy atom. The highest BCUT2D eigenvalue weighted by Gasteiger charge is 2.73. The molecule has 3 atom stereocenters. The van der Waals surface area contributed by atoms with Crippen LogP contribution in [0.5, 0.6) is 0 Å². The van der Waals surface area contributed by atoms with Gasteiger partial charge < -0.3 is 4.98 Å². The number of nitrogens with one attached hydrogen (secondary N) is 1. The molecule has 0 aliphatic heterocycles. The molecule has 5 heteroatoms. The molecule has 0 spiro atoms. The Bertz CT molecular complexity index is 1370. The first-order chi connectivity index (χ1) is 15.1. The van der Waals surface area contributed by atoms with E-state index in [4.69, 9.17) is 0 Å². The summed E-state index contributed by atoms with van der Waals surface area (Å²) >= 11 is 3.47. The second-order valence-corrected chi connectivity index (χ2v) is 8.71. The summed E-state index contributed by atoms with van der Waals surface area (Å²) in [7, 11) is 0. The van der Waals surface area contributed by atoms with E-state index in [1.165, 1.54) is 0 Å². The van der Waals surface area contributed by atoms with Crippen LogP contribution in [0.1, 0.15) is 32.2 Å². The maximum absolute atomic E-state index is 13.8. The van der Waals surface area contributed by atoms with Gasteiger partial charge in [0.15, 0.2) is 11.6 Å². The smallest absolute Gasteiger partial charge is 0.186 e. The topological polar surface area (TPSA) is 73.7 Å². The van der Waals surface area contributed by atoms with Crippen molar-refractivity contribution in [3.8, 4) is 6.07 Å². The number of nitriles is 1. The fourth-order valence-corrected chi connectivity index (χ4v) is 5.05. The van der Waals surface area contributed by atoms with E-state index in [-0.39, 0.29) is 11.6 Å². The number of halogens is 1. The average Bonchev–Trinajstić information content (AvgIpc) is 3.32. The van der Waals surface area contributed by atoms with Crippen LogP contribution in [0.15, 0.2) is 89.5 Å². The van der Waals surface area contributed by atoms with Crippen LogP contribution in [0.3, 0.4) is 0 Å². The van der Waals surface area contributed by atoms with Crippen LogP contribution in [0, 0.1) is 22.7 Å². The number of Topliss-reactive ketones (excluding diaryl/α,β-unsaturated/α-hetero) is 2. The largest absolute Gasteiger partial charge is 0.360 e. The number of carbonyl (C=O) groups excluding carboxylic acids is 2. The molecule has 4 nitrogen and oxygen atoms in total. The predicted octanol–water partition coefficient (Wildman–Crippen LogP) is 5.92. The van der Waals surface area contributed by atoms with Gasteiger partial charge in [-0.25, -0.2) is 0 Å². The number of hydrogen-bond acceptors (Lipinski definition) is 3. The van der Waals surface area contributed by atoms with Crippen LogP contribution in [0.2, 0.25) is 0 Å². The van der Waals surface area contributed by atoms with E-state index >= 15 is 0 Å². The molecule has 1 saturated carbocycles. The van der Waals surface area contributed by atoms with E-state index in [2.05, 4.69) is 27.0 Å². The predicted molar refractivity (Wildman–Crippen MR) is 122 cm³/mol. The molecule has 1 aromatic heterocycles. The third-order valence-corrected chi connectivity index (χ3v) is 6.64. The molecule has 4 aromatic rings. The second-order valence-electron chi connectivity index (χ2n) is 7.80. The van der Waals surface area contributed by atoms with Crippen molar-refractivity contribution in [3.05, 3.63) is 106 Å². The van der Waals surface area contributed by atoms with E-state index in [0.29, 0.717) is 11.1 Å². The van der Waals surface area contributed by atoms with Gasteiger partial charge in [-0.1, -0.05) is 76.6 Å². The first kappa shape index (κ1) is 19.5. The molecule has 0 bridgehead atoms. The highest BCUT2D eigenvalue weighted by atomic mass is 79.9. The Morgan fingerprint density at radius 3 is 2.45 bits per heavy atom. The molecule has 1 fully saturated rings. The third kappa shape index (κ3) is 2.95. The van der Waals surface area contributed by atoms with Crippen molar-refractivity contribution in [2.24, 2.45) is 11.3 Å². The molecular weight excluding hydrogens is 452 g/mol. The number of H-pyrrole nitrogens is 1. The maximum atomic E-state index is 13.8. The zero-order valence-electron chi connectivity index (χ0n) is 16.4. The summed E-state index contributed by atoms with van der Waals surface area (Å²) in [4.78, 5) is 30.4. The summed E-state index contributed by atoms with van der Waals surface area (Å²) in [6.07, 6.45) is 1.65. The number of aromatic amines is 1. The van der Waals surface area contributed by atoms with Crippen LogP contribution < -0.4 is 0 Å². The van der Waals surface area contributed by atoms with Crippen LogP contribution in [0.25, 0.3) is 10.9 Å². The fourth-order valence-electron chi connectivity index (χ4n) is 4.64. The van der Waals surface area contributed by atoms with Crippen LogP contribution in [-0.4, -0.2) is 16.6 Å². The molecule has 3 aromatic carbocycles. The summed E-state index contributed by atoms with van der Waals surface area (Å²) in [6, 6.07) is 26.2. The summed E-state index contributed by atoms with van der Waals surface area (Å²) in [5, 5.41) is 11.1. The second kappa shape index (κ2) is 7.33. The summed E-state index contributed by atoms with van der Waals surface area (Å²) in [5.41, 5.74) is 1.14. The lowest BCUT2D eigenvalue weighted by Gasteiger charge is -2.08. The van der Waals surface area contributed by atoms with Crippen LogP contribution >= 0.6 is 15.9 Å². The lowest BCUT2D eigenvalue weighted by Crippen LogP contribution is -2.20. The number of fused-ring (bicyclic) bond motifs is 1. The van der Waals surface area contributed by atoms with Crippen molar-refractivity contribution in [2.45, 2.75) is 5.92 Å². The van der Waals surface area contributed by atoms with E-state index in [1.807, 2.05) is 54.6 Å². The van der Waals surface area contributed by atoms with E-state index in [0.717, 1.165) is 20.9 Å². The standard InChI is InChI=1S/C26H17BrN2O2/c27-18-10-6-9-17(13-18)22-23(24(30)16-7-2-1-3-8-16)26(22,15-28)25(31)20-14-29-21-12-5-4-11-19(20)21/h1-14,22-23,29H/t22-,23+,26+/m1/s1. The quantitative estimate of drug-likeness (QED) is 0.369. The van der Waals surface area contributed by atoms with Crippen molar-refractivity contribution in [2.75, 3.05) is 0 Å². The number of hydrogen-bond donors (Lipinski definition) is 1. The molecule has 5 rings (SSSR count). The lowest BCUT2D eigenvalue weighted by atomic mass is 9.89. The summed E-state index contributed by atoms with van der Waals surface area (Å²) in [5.74, 6) is -1.74. The van der Waals surface area contributed by atoms with Gasteiger partial charge in [0.1, 0.15) is 5.41 Å². The summed E-state index contributed by atoms with van der Waals surface area (Å²) < 4.78 is 0.842. The van der Waals surface area contributed by atoms with Gasteiger partial charge in [0, 0.05) is 38.6 Å². The fraction of sp³-hybridized carbons (Fsp3) is 0.115. The molecular formula is C26H17BrN2O2. The normalized spacial score (nSPS) is 22.1. The number of para-hydroxylation sites is 1. The van der Waals surface area contributed by atoms with Gasteiger partial charge in [0.05, 0.1) is 12.0 Å². The van der Waals surface area contributed by atoms with Gasteiger partial charge >= 0.3 is 0 Å². The van der Waals surface area contributed by atoms with Crippen molar-refractivity contribution < 1.29 is 9.59 Å². The van der Waals surface area contributed by atoms with E-state index in [1.54, 1.807) is 30.5 Å². The monoisotopic (exact) mass is 468 g/mol. The lowest BCUT2D eigenvalue weighted by molar-refractivity contribution is 0.0875. The number of nitrogens with zero attached hydrogens (tertiary/aromatic N) is 1. The molecule has 0 amide bonds. The van der Waals surface area contributed by atoms with Crippen LogP contribution in [0.4, 0.5) is 0 Å². The maximum Gasteiger partial charge on any atom is 0.186 e. The number of rotatable bonds is 5. The zero-order chi connectivity index (χ0) is 21.6. The van der Waals surface area contributed by atoms with Crippen molar-refractivity contribution in [1.82, 2.24) is 4.98 Å². The van der Waals surface area contributed by atoms with Crippen molar-refractivity contribution in [1.29, 1.82) is 5.26 Å². The van der Waals surface area contributed by atoms with E-state index in [9.17, 15) is 14.9 Å². The van der Waals surface area contributed by atoms with Crippen molar-refractivity contribution >= 4 is 38.4 Å². The molecule has 150 valence electrons. The number of benzene rings is 3. The Labute approximate surface area is 187 Å². The van der Waals surface area contributed by atoms with Gasteiger partial charge in [-0.2, -0.15) is 5.26 Å². The first-order valence-electron chi connectivity index (χ1n) is 9.95. The Balaban J connectivity index is 1.65. The van der Waals surface area contributed by atoms with Gasteiger partial charge in [0.25, 0.3) is 0 Å². The van der Waals surface area contributed by atoms with E-state index < -0.39 is 17.3 Å². The minimum Gasteiger partial charge on any atom is -0.360 e. The molecule has 0 saturated heterocycles. The van der Waals surface area contributed by atoms with Gasteiger partial charge in [-0.05, 0) is 23.8 Å². The minimum atomic E-state index is -1.45. The Morgan fingerprint density at radius 1 is 0.968 bits per heavy atom. The Kier molecular flexibility index (Phi) is 4.60. The molecule has 0 radical (unpaired) electrons. The Hall–Kier alpha value is -3.49. The SMILES string of the molecule is N#C[C@@]1(C(=O)c2c[nH]c3ccccc23)[C@H](C(=O)c2ccccc2)[C@H]1c1cccc(Br)c1. The average molecular weight is 469 g/mol. The first-order valence-corrected chi connectivity index (χ1v) is 10.7. The highest BCUT2D eigenvalue weighted by molar-refractivity contribution is 9.10. The van der Waals surface area contributed by atoms with Gasteiger partial charge in [-0.15, -0.1) is 0 Å². The molecule has 1 N–H and O–H groups in total. The van der Waals surface area contributed by atoms with Crippen molar-refractivity contribution in [3.63, 3.8) is 0 Å². The molecule has 0 unspecified atom stereocenters. The van der Waals surface area contributed by atoms with Gasteiger partial charge in [-0.3, -0.25) is 9.59 Å². The highest BCUT2D eigenvalue weighted by Crippen LogP contribution is 2.67. The van der Waals surface area contributed by atoms with Crippen LogP contribution in [-0.2, 0) is 0 Å². The zero-order valence-corrected chi connectivity index (χ0v) is 18.0. The number of aromatic nitrogens is 1. The number of carbonyl (C=O) groups is 2. The molecule has 1 aliphatic rings. The third-order valence-electron chi connectivity index (χ3n) is 6.15. The molecule has 1 aliphatic carbocycles. The van der Waals surface area contributed by atoms with Gasteiger partial charge in [0.2, 0.25) is 0 Å². The number of ketones is 2.